The molecule has 0 bridgehead atoms. The lowest BCUT2D eigenvalue weighted by atomic mass is 10.0. The molecule has 0 saturated carbocycles. The largest absolute Gasteiger partial charge is 0.390 e. The summed E-state index contributed by atoms with van der Waals surface area (Å²) >= 11 is 3.50. The first kappa shape index (κ1) is 12.7. The van der Waals surface area contributed by atoms with Gasteiger partial charge in [0.15, 0.2) is 0 Å². The highest BCUT2D eigenvalue weighted by Gasteiger charge is 2.17. The van der Waals surface area contributed by atoms with E-state index in [9.17, 15) is 5.11 Å². The van der Waals surface area contributed by atoms with Crippen LogP contribution in [0.15, 0.2) is 28.7 Å². The van der Waals surface area contributed by atoms with Crippen LogP contribution in [0.25, 0.3) is 10.9 Å². The third kappa shape index (κ3) is 2.72. The standard InChI is InChI=1S/C14H18BrNO/c1-4-16-12(9-14(2,3)17)7-10-5-6-11(15)8-13(10)16/h5-8,17H,4,9H2,1-3H3. The van der Waals surface area contributed by atoms with Gasteiger partial charge < -0.3 is 9.67 Å². The number of aryl methyl sites for hydroxylation is 1. The summed E-state index contributed by atoms with van der Waals surface area (Å²) < 4.78 is 3.35. The van der Waals surface area contributed by atoms with Gasteiger partial charge in [-0.15, -0.1) is 0 Å². The second-order valence-corrected chi connectivity index (χ2v) is 5.99. The molecule has 0 aliphatic heterocycles. The van der Waals surface area contributed by atoms with Crippen LogP contribution in [0.4, 0.5) is 0 Å². The molecule has 0 aliphatic rings. The van der Waals surface area contributed by atoms with Crippen LogP contribution in [0.2, 0.25) is 0 Å². The Morgan fingerprint density at radius 3 is 2.59 bits per heavy atom. The van der Waals surface area contributed by atoms with Gasteiger partial charge in [-0.2, -0.15) is 0 Å². The number of hydrogen-bond donors (Lipinski definition) is 1. The lowest BCUT2D eigenvalue weighted by Gasteiger charge is -2.18. The van der Waals surface area contributed by atoms with Crippen LogP contribution in [-0.2, 0) is 13.0 Å². The Morgan fingerprint density at radius 1 is 1.29 bits per heavy atom. The second kappa shape index (κ2) is 4.46. The minimum absolute atomic E-state index is 0.668. The Kier molecular flexibility index (Phi) is 3.32. The highest BCUT2D eigenvalue weighted by atomic mass is 79.9. The zero-order valence-corrected chi connectivity index (χ0v) is 12.1. The van der Waals surface area contributed by atoms with Crippen molar-refractivity contribution < 1.29 is 5.11 Å². The van der Waals surface area contributed by atoms with Crippen molar-refractivity contribution in [3.05, 3.63) is 34.4 Å². The van der Waals surface area contributed by atoms with Crippen molar-refractivity contribution in [2.75, 3.05) is 0 Å². The number of halogens is 1. The molecule has 1 aromatic carbocycles. The van der Waals surface area contributed by atoms with Gasteiger partial charge in [-0.25, -0.2) is 0 Å². The molecule has 2 nitrogen and oxygen atoms in total. The summed E-state index contributed by atoms with van der Waals surface area (Å²) in [5.74, 6) is 0. The van der Waals surface area contributed by atoms with E-state index in [0.29, 0.717) is 6.42 Å². The van der Waals surface area contributed by atoms with E-state index in [1.807, 2.05) is 13.8 Å². The van der Waals surface area contributed by atoms with E-state index < -0.39 is 5.60 Å². The molecule has 0 unspecified atom stereocenters. The summed E-state index contributed by atoms with van der Waals surface area (Å²) in [6.45, 7) is 6.75. The Labute approximate surface area is 110 Å². The molecule has 0 spiro atoms. The summed E-state index contributed by atoms with van der Waals surface area (Å²) in [6, 6.07) is 8.46. The molecule has 2 rings (SSSR count). The Hall–Kier alpha value is -0.800. The molecule has 1 N–H and O–H groups in total. The fourth-order valence-electron chi connectivity index (χ4n) is 2.25. The van der Waals surface area contributed by atoms with Crippen LogP contribution in [0.5, 0.6) is 0 Å². The number of aliphatic hydroxyl groups is 1. The first-order valence-corrected chi connectivity index (χ1v) is 6.70. The van der Waals surface area contributed by atoms with E-state index >= 15 is 0 Å². The average molecular weight is 296 g/mol. The van der Waals surface area contributed by atoms with Crippen LogP contribution in [0, 0.1) is 0 Å². The Balaban J connectivity index is 2.56. The number of rotatable bonds is 3. The summed E-state index contributed by atoms with van der Waals surface area (Å²) in [6.07, 6.45) is 0.674. The molecule has 2 aromatic rings. The van der Waals surface area contributed by atoms with Gasteiger partial charge in [0.1, 0.15) is 0 Å². The summed E-state index contributed by atoms with van der Waals surface area (Å²) in [5, 5.41) is 11.2. The predicted octanol–water partition coefficient (Wildman–Crippen LogP) is 3.74. The third-order valence-electron chi connectivity index (χ3n) is 2.88. The number of benzene rings is 1. The van der Waals surface area contributed by atoms with E-state index in [1.165, 1.54) is 16.6 Å². The van der Waals surface area contributed by atoms with Crippen molar-refractivity contribution in [3.8, 4) is 0 Å². The highest BCUT2D eigenvalue weighted by molar-refractivity contribution is 9.10. The van der Waals surface area contributed by atoms with Gasteiger partial charge in [-0.3, -0.25) is 0 Å². The molecular weight excluding hydrogens is 278 g/mol. The van der Waals surface area contributed by atoms with Crippen LogP contribution in [-0.4, -0.2) is 15.3 Å². The first-order valence-electron chi connectivity index (χ1n) is 5.91. The van der Waals surface area contributed by atoms with Crippen molar-refractivity contribution in [3.63, 3.8) is 0 Å². The molecule has 3 heteroatoms. The maximum atomic E-state index is 9.95. The van der Waals surface area contributed by atoms with Gasteiger partial charge in [0, 0.05) is 28.6 Å². The molecule has 92 valence electrons. The fraction of sp³-hybridized carbons (Fsp3) is 0.429. The van der Waals surface area contributed by atoms with Gasteiger partial charge in [0.05, 0.1) is 5.60 Å². The molecular formula is C14H18BrNO. The molecule has 17 heavy (non-hydrogen) atoms. The quantitative estimate of drug-likeness (QED) is 0.917. The monoisotopic (exact) mass is 295 g/mol. The number of hydrogen-bond acceptors (Lipinski definition) is 1. The molecule has 0 radical (unpaired) electrons. The van der Waals surface area contributed by atoms with E-state index in [4.69, 9.17) is 0 Å². The summed E-state index contributed by atoms with van der Waals surface area (Å²) in [5.41, 5.74) is 1.74. The van der Waals surface area contributed by atoms with E-state index in [-0.39, 0.29) is 0 Å². The normalized spacial score (nSPS) is 12.3. The molecule has 0 atom stereocenters. The smallest absolute Gasteiger partial charge is 0.0646 e. The van der Waals surface area contributed by atoms with Crippen LogP contribution >= 0.6 is 15.9 Å². The zero-order valence-electron chi connectivity index (χ0n) is 10.5. The van der Waals surface area contributed by atoms with Crippen LogP contribution in [0.1, 0.15) is 26.5 Å². The lowest BCUT2D eigenvalue weighted by Crippen LogP contribution is -2.23. The topological polar surface area (TPSA) is 25.2 Å². The third-order valence-corrected chi connectivity index (χ3v) is 3.38. The van der Waals surface area contributed by atoms with E-state index in [0.717, 1.165) is 11.0 Å². The zero-order chi connectivity index (χ0) is 12.6. The van der Waals surface area contributed by atoms with Gasteiger partial charge >= 0.3 is 0 Å². The summed E-state index contributed by atoms with van der Waals surface area (Å²) in [7, 11) is 0. The Bertz CT molecular complexity index is 537. The Morgan fingerprint density at radius 2 is 2.00 bits per heavy atom. The van der Waals surface area contributed by atoms with E-state index in [2.05, 4.69) is 51.7 Å². The molecule has 0 aliphatic carbocycles. The average Bonchev–Trinajstić information content (AvgIpc) is 2.51. The van der Waals surface area contributed by atoms with Crippen molar-refractivity contribution in [2.24, 2.45) is 0 Å². The van der Waals surface area contributed by atoms with Gasteiger partial charge in [0.25, 0.3) is 0 Å². The highest BCUT2D eigenvalue weighted by Crippen LogP contribution is 2.26. The van der Waals surface area contributed by atoms with Crippen molar-refractivity contribution in [1.29, 1.82) is 0 Å². The minimum atomic E-state index is -0.668. The lowest BCUT2D eigenvalue weighted by molar-refractivity contribution is 0.0791. The van der Waals surface area contributed by atoms with Gasteiger partial charge in [-0.1, -0.05) is 22.0 Å². The minimum Gasteiger partial charge on any atom is -0.390 e. The first-order chi connectivity index (χ1) is 7.90. The van der Waals surface area contributed by atoms with E-state index in [1.54, 1.807) is 0 Å². The number of aromatic nitrogens is 1. The molecule has 0 fully saturated rings. The maximum absolute atomic E-state index is 9.95. The molecule has 0 amide bonds. The van der Waals surface area contributed by atoms with Crippen LogP contribution in [0.3, 0.4) is 0 Å². The number of fused-ring (bicyclic) bond motifs is 1. The molecule has 0 saturated heterocycles. The van der Waals surface area contributed by atoms with Crippen molar-refractivity contribution in [2.45, 2.75) is 39.3 Å². The predicted molar refractivity (Wildman–Crippen MR) is 75.3 cm³/mol. The summed E-state index contributed by atoms with van der Waals surface area (Å²) in [4.78, 5) is 0. The van der Waals surface area contributed by atoms with Crippen molar-refractivity contribution in [1.82, 2.24) is 4.57 Å². The van der Waals surface area contributed by atoms with Gasteiger partial charge in [0.2, 0.25) is 0 Å². The van der Waals surface area contributed by atoms with Gasteiger partial charge in [-0.05, 0) is 44.4 Å². The molecule has 1 aromatic heterocycles. The second-order valence-electron chi connectivity index (χ2n) is 5.07. The fourth-order valence-corrected chi connectivity index (χ4v) is 2.60. The van der Waals surface area contributed by atoms with Crippen LogP contribution < -0.4 is 0 Å². The van der Waals surface area contributed by atoms with Crippen molar-refractivity contribution >= 4 is 26.8 Å². The SMILES string of the molecule is CCn1c(CC(C)(C)O)cc2ccc(Br)cc21. The number of nitrogens with zero attached hydrogens (tertiary/aromatic N) is 1. The maximum Gasteiger partial charge on any atom is 0.0646 e. The molecule has 1 heterocycles.